The Morgan fingerprint density at radius 2 is 1.91 bits per heavy atom. The predicted molar refractivity (Wildman–Crippen MR) is 79.6 cm³/mol. The van der Waals surface area contributed by atoms with Crippen molar-refractivity contribution in [3.05, 3.63) is 56.8 Å². The number of nitro benzene ring substituents is 1. The van der Waals surface area contributed by atoms with Crippen LogP contribution < -0.4 is 0 Å². The first-order valence-electron chi connectivity index (χ1n) is 5.94. The third-order valence-corrected chi connectivity index (χ3v) is 3.38. The molecule has 9 heteroatoms. The maximum Gasteiger partial charge on any atom is 0.270 e. The molecule has 3 rings (SSSR count). The van der Waals surface area contributed by atoms with Gasteiger partial charge >= 0.3 is 0 Å². The number of aromatic nitrogens is 3. The van der Waals surface area contributed by atoms with E-state index < -0.39 is 4.92 Å². The Balaban J connectivity index is 2.05. The summed E-state index contributed by atoms with van der Waals surface area (Å²) >= 11 is 12.1. The van der Waals surface area contributed by atoms with Crippen LogP contribution in [0.1, 0.15) is 0 Å². The lowest BCUT2D eigenvalue weighted by molar-refractivity contribution is -0.384. The summed E-state index contributed by atoms with van der Waals surface area (Å²) in [7, 11) is 0. The molecule has 0 unspecified atom stereocenters. The van der Waals surface area contributed by atoms with Crippen molar-refractivity contribution in [2.75, 3.05) is 0 Å². The first-order valence-corrected chi connectivity index (χ1v) is 6.70. The van der Waals surface area contributed by atoms with Crippen LogP contribution in [0.3, 0.4) is 0 Å². The zero-order valence-electron chi connectivity index (χ0n) is 10.7. The van der Waals surface area contributed by atoms with Crippen molar-refractivity contribution >= 4 is 28.9 Å². The van der Waals surface area contributed by atoms with Crippen molar-refractivity contribution in [3.63, 3.8) is 0 Å². The quantitative estimate of drug-likeness (QED) is 0.529. The van der Waals surface area contributed by atoms with Crippen molar-refractivity contribution in [2.24, 2.45) is 0 Å². The number of hydrogen-bond acceptors (Lipinski definition) is 6. The minimum absolute atomic E-state index is 0.0720. The summed E-state index contributed by atoms with van der Waals surface area (Å²) < 4.78 is 5.13. The van der Waals surface area contributed by atoms with E-state index in [9.17, 15) is 10.1 Å². The van der Waals surface area contributed by atoms with Gasteiger partial charge < -0.3 is 4.52 Å². The van der Waals surface area contributed by atoms with Gasteiger partial charge in [0.25, 0.3) is 11.6 Å². The van der Waals surface area contributed by atoms with E-state index in [-0.39, 0.29) is 27.4 Å². The minimum atomic E-state index is -0.503. The number of benzene rings is 1. The van der Waals surface area contributed by atoms with Crippen LogP contribution in [0.15, 0.2) is 41.2 Å². The molecule has 0 radical (unpaired) electrons. The largest absolute Gasteiger partial charge is 0.334 e. The normalized spacial score (nSPS) is 10.6. The van der Waals surface area contributed by atoms with Crippen LogP contribution in [0.4, 0.5) is 5.69 Å². The number of halogens is 2. The van der Waals surface area contributed by atoms with Gasteiger partial charge in [-0.3, -0.25) is 15.1 Å². The fourth-order valence-corrected chi connectivity index (χ4v) is 2.35. The standard InChI is InChI=1S/C13H6Cl2N4O3/c14-9-5-16-6-10(15)11(9)12-17-13(22-18-12)7-2-1-3-8(4-7)19(20)21/h1-6H. The molecular weight excluding hydrogens is 331 g/mol. The summed E-state index contributed by atoms with van der Waals surface area (Å²) in [5.41, 5.74) is 0.741. The van der Waals surface area contributed by atoms with Gasteiger partial charge in [0.2, 0.25) is 5.82 Å². The topological polar surface area (TPSA) is 95.0 Å². The fourth-order valence-electron chi connectivity index (χ4n) is 1.82. The molecule has 0 spiro atoms. The van der Waals surface area contributed by atoms with Crippen molar-refractivity contribution in [2.45, 2.75) is 0 Å². The molecule has 0 N–H and O–H groups in total. The van der Waals surface area contributed by atoms with Gasteiger partial charge in [-0.15, -0.1) is 0 Å². The monoisotopic (exact) mass is 336 g/mol. The van der Waals surface area contributed by atoms with E-state index >= 15 is 0 Å². The van der Waals surface area contributed by atoms with Gasteiger partial charge in [0.1, 0.15) is 0 Å². The predicted octanol–water partition coefficient (Wildman–Crippen LogP) is 4.01. The molecule has 110 valence electrons. The average Bonchev–Trinajstić information content (AvgIpc) is 2.97. The molecule has 0 amide bonds. The van der Waals surface area contributed by atoms with Gasteiger partial charge in [-0.2, -0.15) is 4.98 Å². The lowest BCUT2D eigenvalue weighted by Gasteiger charge is -1.99. The fraction of sp³-hybridized carbons (Fsp3) is 0. The second-order valence-corrected chi connectivity index (χ2v) is 5.02. The highest BCUT2D eigenvalue weighted by atomic mass is 35.5. The second kappa shape index (κ2) is 5.70. The molecule has 0 saturated carbocycles. The minimum Gasteiger partial charge on any atom is -0.334 e. The van der Waals surface area contributed by atoms with E-state index in [4.69, 9.17) is 27.7 Å². The highest BCUT2D eigenvalue weighted by molar-refractivity contribution is 6.38. The Labute approximate surface area is 133 Å². The van der Waals surface area contributed by atoms with Crippen LogP contribution in [0.2, 0.25) is 10.0 Å². The summed E-state index contributed by atoms with van der Waals surface area (Å²) in [6.45, 7) is 0. The number of nitro groups is 1. The Kier molecular flexibility index (Phi) is 3.74. The van der Waals surface area contributed by atoms with Crippen LogP contribution >= 0.6 is 23.2 Å². The Morgan fingerprint density at radius 1 is 1.18 bits per heavy atom. The molecule has 0 atom stereocenters. The molecule has 7 nitrogen and oxygen atoms in total. The Morgan fingerprint density at radius 3 is 2.59 bits per heavy atom. The van der Waals surface area contributed by atoms with Crippen molar-refractivity contribution in [1.29, 1.82) is 0 Å². The maximum absolute atomic E-state index is 10.8. The third kappa shape index (κ3) is 2.63. The van der Waals surface area contributed by atoms with Gasteiger partial charge in [0, 0.05) is 30.1 Å². The van der Waals surface area contributed by atoms with Gasteiger partial charge in [0.15, 0.2) is 0 Å². The highest BCUT2D eigenvalue weighted by Gasteiger charge is 2.17. The molecule has 0 aliphatic carbocycles. The average molecular weight is 337 g/mol. The number of pyridine rings is 1. The molecule has 3 aromatic rings. The molecule has 0 fully saturated rings. The van der Waals surface area contributed by atoms with Gasteiger partial charge in [-0.1, -0.05) is 34.4 Å². The van der Waals surface area contributed by atoms with Crippen molar-refractivity contribution in [3.8, 4) is 22.8 Å². The van der Waals surface area contributed by atoms with Gasteiger partial charge in [-0.05, 0) is 6.07 Å². The van der Waals surface area contributed by atoms with E-state index in [2.05, 4.69) is 15.1 Å². The van der Waals surface area contributed by atoms with Crippen LogP contribution in [0.5, 0.6) is 0 Å². The zero-order valence-corrected chi connectivity index (χ0v) is 12.2. The van der Waals surface area contributed by atoms with Crippen molar-refractivity contribution < 1.29 is 9.45 Å². The van der Waals surface area contributed by atoms with Crippen LogP contribution in [-0.2, 0) is 0 Å². The molecule has 0 saturated heterocycles. The van der Waals surface area contributed by atoms with Crippen molar-refractivity contribution in [1.82, 2.24) is 15.1 Å². The van der Waals surface area contributed by atoms with E-state index in [0.717, 1.165) is 0 Å². The van der Waals surface area contributed by atoms with Gasteiger partial charge in [0.05, 0.1) is 20.5 Å². The molecule has 2 heterocycles. The second-order valence-electron chi connectivity index (χ2n) is 4.21. The number of nitrogens with zero attached hydrogens (tertiary/aromatic N) is 4. The summed E-state index contributed by atoms with van der Waals surface area (Å²) in [5.74, 6) is 0.307. The summed E-state index contributed by atoms with van der Waals surface area (Å²) in [6.07, 6.45) is 2.82. The van der Waals surface area contributed by atoms with Crippen LogP contribution in [0.25, 0.3) is 22.8 Å². The first kappa shape index (κ1) is 14.4. The Hall–Kier alpha value is -2.51. The molecule has 1 aromatic carbocycles. The van der Waals surface area contributed by atoms with Crippen LogP contribution in [0, 0.1) is 10.1 Å². The molecule has 22 heavy (non-hydrogen) atoms. The van der Waals surface area contributed by atoms with Crippen LogP contribution in [-0.4, -0.2) is 20.0 Å². The van der Waals surface area contributed by atoms with Gasteiger partial charge in [-0.25, -0.2) is 0 Å². The first-order chi connectivity index (χ1) is 10.6. The van der Waals surface area contributed by atoms with E-state index in [0.29, 0.717) is 11.1 Å². The lowest BCUT2D eigenvalue weighted by atomic mass is 10.2. The van der Waals surface area contributed by atoms with E-state index in [1.54, 1.807) is 6.07 Å². The third-order valence-electron chi connectivity index (χ3n) is 2.81. The summed E-state index contributed by atoms with van der Waals surface area (Å²) in [5, 5.41) is 15.2. The number of hydrogen-bond donors (Lipinski definition) is 0. The molecule has 0 aliphatic rings. The summed E-state index contributed by atoms with van der Waals surface area (Å²) in [6, 6.07) is 5.87. The Bertz CT molecular complexity index is 846. The lowest BCUT2D eigenvalue weighted by Crippen LogP contribution is -1.88. The highest BCUT2D eigenvalue weighted by Crippen LogP contribution is 2.33. The molecule has 2 aromatic heterocycles. The smallest absolute Gasteiger partial charge is 0.270 e. The SMILES string of the molecule is O=[N+]([O-])c1cccc(-c2nc(-c3c(Cl)cncc3Cl)no2)c1. The summed E-state index contributed by atoms with van der Waals surface area (Å²) in [4.78, 5) is 18.3. The van der Waals surface area contributed by atoms with E-state index in [1.807, 2.05) is 0 Å². The molecule has 0 bridgehead atoms. The number of rotatable bonds is 3. The maximum atomic E-state index is 10.8. The number of non-ortho nitro benzene ring substituents is 1. The molecular formula is C13H6Cl2N4O3. The zero-order chi connectivity index (χ0) is 15.7. The molecule has 0 aliphatic heterocycles. The van der Waals surface area contributed by atoms with E-state index in [1.165, 1.54) is 30.6 Å².